The second kappa shape index (κ2) is 18.6. The Morgan fingerprint density at radius 1 is 0.824 bits per heavy atom. The average molecular weight is 497 g/mol. The molecule has 198 valence electrons. The van der Waals surface area contributed by atoms with Crippen LogP contribution in [-0.2, 0) is 24.0 Å². The van der Waals surface area contributed by atoms with E-state index in [9.17, 15) is 24.0 Å². The van der Waals surface area contributed by atoms with Gasteiger partial charge in [0.2, 0.25) is 0 Å². The number of carbonyl (C=O) groups is 5. The number of aliphatic hydroxyl groups excluding tert-OH is 1. The second-order valence-electron chi connectivity index (χ2n) is 7.46. The quantitative estimate of drug-likeness (QED) is 0.169. The highest BCUT2D eigenvalue weighted by Crippen LogP contribution is 2.04. The number of carboxylic acid groups (broad SMARTS) is 5. The molecule has 15 nitrogen and oxygen atoms in total. The molecule has 5 atom stereocenters. The molecule has 0 aromatic rings. The molecule has 0 saturated carbocycles. The number of carboxylic acids is 5. The van der Waals surface area contributed by atoms with Gasteiger partial charge in [0.1, 0.15) is 24.2 Å². The normalized spacial score (nSPS) is 21.1. The number of rotatable bonds is 8. The van der Waals surface area contributed by atoms with E-state index in [-0.39, 0.29) is 24.9 Å². The van der Waals surface area contributed by atoms with Crippen molar-refractivity contribution in [1.29, 1.82) is 0 Å². The minimum absolute atomic E-state index is 0.0231. The number of nitrogens with two attached hydrogens (primary N) is 2. The lowest BCUT2D eigenvalue weighted by atomic mass is 10.2. The Bertz CT molecular complexity index is 606. The highest BCUT2D eigenvalue weighted by molar-refractivity contribution is 5.75. The minimum Gasteiger partial charge on any atom is -0.481 e. The van der Waals surface area contributed by atoms with Gasteiger partial charge in [0.25, 0.3) is 0 Å². The van der Waals surface area contributed by atoms with Gasteiger partial charge in [0.15, 0.2) is 0 Å². The van der Waals surface area contributed by atoms with Gasteiger partial charge in [-0.2, -0.15) is 0 Å². The molecular formula is C19H36N4O11. The molecular weight excluding hydrogens is 460 g/mol. The number of aliphatic hydroxyl groups is 1. The summed E-state index contributed by atoms with van der Waals surface area (Å²) >= 11 is 0. The molecule has 2 heterocycles. The number of hydrogen-bond acceptors (Lipinski definition) is 10. The van der Waals surface area contributed by atoms with Gasteiger partial charge >= 0.3 is 29.8 Å². The molecule has 0 radical (unpaired) electrons. The number of aliphatic carboxylic acids is 5. The molecule has 0 bridgehead atoms. The maximum Gasteiger partial charge on any atom is 0.323 e. The predicted molar refractivity (Wildman–Crippen MR) is 117 cm³/mol. The molecule has 2 rings (SSSR count). The third-order valence-electron chi connectivity index (χ3n) is 4.51. The number of hydrogen-bond donors (Lipinski definition) is 10. The van der Waals surface area contributed by atoms with Crippen molar-refractivity contribution >= 4 is 29.8 Å². The monoisotopic (exact) mass is 496 g/mol. The van der Waals surface area contributed by atoms with E-state index in [0.29, 0.717) is 0 Å². The highest BCUT2D eigenvalue weighted by atomic mass is 16.4. The Morgan fingerprint density at radius 3 is 1.38 bits per heavy atom. The second-order valence-corrected chi connectivity index (χ2v) is 7.46. The van der Waals surface area contributed by atoms with E-state index < -0.39 is 48.0 Å². The zero-order valence-electron chi connectivity index (χ0n) is 18.9. The van der Waals surface area contributed by atoms with Crippen molar-refractivity contribution in [2.75, 3.05) is 13.1 Å². The van der Waals surface area contributed by atoms with Crippen LogP contribution in [0.2, 0.25) is 0 Å². The summed E-state index contributed by atoms with van der Waals surface area (Å²) in [6, 6.07) is -2.75. The van der Waals surface area contributed by atoms with Gasteiger partial charge < -0.3 is 52.7 Å². The lowest BCUT2D eigenvalue weighted by molar-refractivity contribution is -0.141. The summed E-state index contributed by atoms with van der Waals surface area (Å²) in [7, 11) is 0. The first-order valence-corrected chi connectivity index (χ1v) is 10.5. The lowest BCUT2D eigenvalue weighted by Gasteiger charge is -2.06. The molecule has 0 amide bonds. The van der Waals surface area contributed by atoms with Gasteiger partial charge in [0, 0.05) is 6.42 Å². The van der Waals surface area contributed by atoms with Crippen LogP contribution in [0.4, 0.5) is 0 Å². The van der Waals surface area contributed by atoms with E-state index in [1.807, 2.05) is 0 Å². The van der Waals surface area contributed by atoms with Crippen molar-refractivity contribution < 1.29 is 54.6 Å². The Morgan fingerprint density at radius 2 is 1.24 bits per heavy atom. The van der Waals surface area contributed by atoms with E-state index in [0.717, 1.165) is 38.8 Å². The lowest BCUT2D eigenvalue weighted by Crippen LogP contribution is -2.39. The van der Waals surface area contributed by atoms with Crippen LogP contribution in [-0.4, -0.2) is 104 Å². The maximum atomic E-state index is 10.1. The van der Waals surface area contributed by atoms with Crippen LogP contribution < -0.4 is 22.1 Å². The van der Waals surface area contributed by atoms with Crippen molar-refractivity contribution in [3.05, 3.63) is 0 Å². The summed E-state index contributed by atoms with van der Waals surface area (Å²) in [5.74, 6) is -4.82. The molecule has 2 saturated heterocycles. The molecule has 0 aromatic heterocycles. The summed E-state index contributed by atoms with van der Waals surface area (Å²) in [5, 5.41) is 55.2. The summed E-state index contributed by atoms with van der Waals surface area (Å²) < 4.78 is 0. The fourth-order valence-electron chi connectivity index (χ4n) is 2.40. The standard InChI is InChI=1S/C5H9NO4.2C5H9NO2.C4H9NO3/c6-3(5(9)10)1-2-4(7)8;2*7-5(8)4-2-1-3-6-4;1-2(6)3(5)4(7)8/h3H,1-2,6H2,(H,7,8)(H,9,10);2*4,6H,1-3H2,(H,7,8);2-3,6H,5H2,1H3,(H,7,8)/t3-;2*4-;2-,3+/m0001/s1. The number of nitrogens with one attached hydrogen (secondary N) is 2. The summed E-state index contributed by atoms with van der Waals surface area (Å²) in [5.41, 5.74) is 9.91. The molecule has 0 unspecified atom stereocenters. The Hall–Kier alpha value is -2.85. The first kappa shape index (κ1) is 33.3. The molecule has 34 heavy (non-hydrogen) atoms. The van der Waals surface area contributed by atoms with Gasteiger partial charge in [-0.15, -0.1) is 0 Å². The molecule has 2 aliphatic heterocycles. The van der Waals surface area contributed by atoms with E-state index >= 15 is 0 Å². The smallest absolute Gasteiger partial charge is 0.323 e. The highest BCUT2D eigenvalue weighted by Gasteiger charge is 2.21. The molecule has 0 spiro atoms. The SMILES string of the molecule is C[C@@H](O)[C@H](N)C(=O)O.N[C@@H](CCC(=O)O)C(=O)O.O=C(O)[C@@H]1CCCN1.O=C(O)[C@@H]1CCCN1. The van der Waals surface area contributed by atoms with Crippen LogP contribution in [0.15, 0.2) is 0 Å². The zero-order valence-corrected chi connectivity index (χ0v) is 18.9. The largest absolute Gasteiger partial charge is 0.481 e. The van der Waals surface area contributed by atoms with Crippen LogP contribution in [0.3, 0.4) is 0 Å². The molecule has 2 fully saturated rings. The van der Waals surface area contributed by atoms with E-state index in [4.69, 9.17) is 42.1 Å². The summed E-state index contributed by atoms with van der Waals surface area (Å²) in [4.78, 5) is 50.0. The van der Waals surface area contributed by atoms with Gasteiger partial charge in [-0.1, -0.05) is 0 Å². The molecule has 12 N–H and O–H groups in total. The van der Waals surface area contributed by atoms with Crippen molar-refractivity contribution in [2.24, 2.45) is 11.5 Å². The van der Waals surface area contributed by atoms with Gasteiger partial charge in [-0.05, 0) is 52.1 Å². The first-order chi connectivity index (χ1) is 15.7. The summed E-state index contributed by atoms with van der Waals surface area (Å²) in [6.07, 6.45) is 2.36. The predicted octanol–water partition coefficient (Wildman–Crippen LogP) is -2.31. The maximum absolute atomic E-state index is 10.1. The topological polar surface area (TPSA) is 283 Å². The molecule has 0 aromatic carbocycles. The van der Waals surface area contributed by atoms with Crippen LogP contribution in [0, 0.1) is 0 Å². The van der Waals surface area contributed by atoms with Crippen molar-refractivity contribution in [3.8, 4) is 0 Å². The Labute approximate surface area is 196 Å². The minimum atomic E-state index is -1.18. The van der Waals surface area contributed by atoms with Crippen molar-refractivity contribution in [1.82, 2.24) is 10.6 Å². The van der Waals surface area contributed by atoms with Gasteiger partial charge in [0.05, 0.1) is 6.10 Å². The van der Waals surface area contributed by atoms with E-state index in [1.165, 1.54) is 6.92 Å². The van der Waals surface area contributed by atoms with Crippen LogP contribution in [0.5, 0.6) is 0 Å². The fraction of sp³-hybridized carbons (Fsp3) is 0.737. The third kappa shape index (κ3) is 17.7. The Balaban J connectivity index is 0. The molecule has 15 heteroatoms. The van der Waals surface area contributed by atoms with E-state index in [1.54, 1.807) is 0 Å². The van der Waals surface area contributed by atoms with E-state index in [2.05, 4.69) is 10.6 Å². The fourth-order valence-corrected chi connectivity index (χ4v) is 2.40. The first-order valence-electron chi connectivity index (χ1n) is 10.5. The molecule has 2 aliphatic rings. The van der Waals surface area contributed by atoms with Gasteiger partial charge in [-0.25, -0.2) is 0 Å². The third-order valence-corrected chi connectivity index (χ3v) is 4.51. The van der Waals surface area contributed by atoms with Crippen molar-refractivity contribution in [3.63, 3.8) is 0 Å². The molecule has 0 aliphatic carbocycles. The zero-order chi connectivity index (χ0) is 26.8. The average Bonchev–Trinajstić information content (AvgIpc) is 3.46. The van der Waals surface area contributed by atoms with Crippen molar-refractivity contribution in [2.45, 2.75) is 75.7 Å². The van der Waals surface area contributed by atoms with Crippen LogP contribution >= 0.6 is 0 Å². The Kier molecular flexibility index (Phi) is 18.2. The van der Waals surface area contributed by atoms with Crippen LogP contribution in [0.1, 0.15) is 45.4 Å². The summed E-state index contributed by atoms with van der Waals surface area (Å²) in [6.45, 7) is 3.05. The van der Waals surface area contributed by atoms with Crippen LogP contribution in [0.25, 0.3) is 0 Å². The van der Waals surface area contributed by atoms with Gasteiger partial charge in [-0.3, -0.25) is 24.0 Å².